The Hall–Kier alpha value is -2.84. The van der Waals surface area contributed by atoms with Crippen molar-refractivity contribution in [2.75, 3.05) is 0 Å². The summed E-state index contributed by atoms with van der Waals surface area (Å²) in [6.07, 6.45) is 6.76. The summed E-state index contributed by atoms with van der Waals surface area (Å²) in [5.74, 6) is -0.622. The van der Waals surface area contributed by atoms with Crippen molar-refractivity contribution in [3.63, 3.8) is 0 Å². The fourth-order valence-corrected chi connectivity index (χ4v) is 6.28. The zero-order valence-corrected chi connectivity index (χ0v) is 19.0. The highest BCUT2D eigenvalue weighted by atomic mass is 32.1. The average molecular weight is 468 g/mol. The minimum absolute atomic E-state index is 0.116. The first-order valence-corrected chi connectivity index (χ1v) is 12.4. The highest BCUT2D eigenvalue weighted by Gasteiger charge is 2.21. The Bertz CT molecular complexity index is 1310. The van der Waals surface area contributed by atoms with Crippen LogP contribution < -0.4 is 10.9 Å². The predicted octanol–water partition coefficient (Wildman–Crippen LogP) is 4.83. The summed E-state index contributed by atoms with van der Waals surface area (Å²) in [4.78, 5) is 33.7. The Labute approximate surface area is 192 Å². The molecule has 1 atom stereocenters. The largest absolute Gasteiger partial charge is 0.343 e. The van der Waals surface area contributed by atoms with E-state index in [0.717, 1.165) is 46.5 Å². The number of benzene rings is 1. The molecule has 1 amide bonds. The van der Waals surface area contributed by atoms with Crippen molar-refractivity contribution in [3.8, 4) is 0 Å². The van der Waals surface area contributed by atoms with Gasteiger partial charge in [0.1, 0.15) is 17.2 Å². The third kappa shape index (κ3) is 4.12. The third-order valence-electron chi connectivity index (χ3n) is 5.84. The molecule has 0 bridgehead atoms. The Balaban J connectivity index is 1.42. The monoisotopic (exact) mass is 467 g/mol. The van der Waals surface area contributed by atoms with E-state index >= 15 is 0 Å². The van der Waals surface area contributed by atoms with Crippen LogP contribution in [0.2, 0.25) is 0 Å². The molecule has 1 aromatic carbocycles. The molecule has 0 saturated heterocycles. The van der Waals surface area contributed by atoms with E-state index in [4.69, 9.17) is 0 Å². The lowest BCUT2D eigenvalue weighted by Gasteiger charge is -2.18. The number of hydrogen-bond acceptors (Lipinski definition) is 5. The first-order chi connectivity index (χ1) is 15.6. The number of aromatic nitrogens is 2. The van der Waals surface area contributed by atoms with Gasteiger partial charge in [0.15, 0.2) is 0 Å². The Morgan fingerprint density at radius 1 is 1.16 bits per heavy atom. The summed E-state index contributed by atoms with van der Waals surface area (Å²) in [5.41, 5.74) is 1.75. The number of halogens is 1. The molecule has 0 spiro atoms. The number of nitrogens with zero attached hydrogens (tertiary/aromatic N) is 2. The lowest BCUT2D eigenvalue weighted by molar-refractivity contribution is -0.122. The molecule has 1 aliphatic carbocycles. The van der Waals surface area contributed by atoms with Crippen molar-refractivity contribution in [2.45, 2.75) is 44.7 Å². The molecular weight excluding hydrogens is 445 g/mol. The number of hydrogen-bond donors (Lipinski definition) is 1. The van der Waals surface area contributed by atoms with Crippen LogP contribution in [0, 0.1) is 5.82 Å². The van der Waals surface area contributed by atoms with E-state index in [-0.39, 0.29) is 23.8 Å². The van der Waals surface area contributed by atoms with E-state index < -0.39 is 6.04 Å². The zero-order chi connectivity index (χ0) is 22.1. The zero-order valence-electron chi connectivity index (χ0n) is 17.3. The van der Waals surface area contributed by atoms with E-state index in [1.54, 1.807) is 23.5 Å². The lowest BCUT2D eigenvalue weighted by atomic mass is 10.1. The van der Waals surface area contributed by atoms with E-state index in [0.29, 0.717) is 5.39 Å². The Morgan fingerprint density at radius 2 is 1.97 bits per heavy atom. The number of rotatable bonds is 5. The molecule has 8 heteroatoms. The molecule has 1 N–H and O–H groups in total. The van der Waals surface area contributed by atoms with Crippen LogP contribution in [-0.4, -0.2) is 15.5 Å². The number of nitrogens with one attached hydrogen (secondary N) is 1. The first-order valence-electron chi connectivity index (χ1n) is 10.7. The van der Waals surface area contributed by atoms with Gasteiger partial charge in [0.25, 0.3) is 5.56 Å². The second-order valence-electron chi connectivity index (χ2n) is 7.99. The number of fused-ring (bicyclic) bond motifs is 3. The SMILES string of the molecule is O=C(Cn1cnc2sc3c(c2c1=O)CCCCC3)NC(c1ccc(F)cc1)c1cccs1. The van der Waals surface area contributed by atoms with E-state index in [9.17, 15) is 14.0 Å². The molecule has 3 heterocycles. The van der Waals surface area contributed by atoms with Crippen molar-refractivity contribution in [2.24, 2.45) is 0 Å². The van der Waals surface area contributed by atoms with Crippen molar-refractivity contribution >= 4 is 38.8 Å². The molecule has 32 heavy (non-hydrogen) atoms. The summed E-state index contributed by atoms with van der Waals surface area (Å²) in [5, 5.41) is 5.62. The van der Waals surface area contributed by atoms with Gasteiger partial charge >= 0.3 is 0 Å². The summed E-state index contributed by atoms with van der Waals surface area (Å²) in [6, 6.07) is 9.53. The lowest BCUT2D eigenvalue weighted by Crippen LogP contribution is -2.35. The molecule has 5 rings (SSSR count). The standard InChI is InChI=1S/C24H22FN3O2S2/c25-16-10-8-15(9-11-16)22(19-7-4-12-31-19)27-20(29)13-28-14-26-23-21(24(28)30)17-5-2-1-3-6-18(17)32-23/h4,7-12,14,22H,1-3,5-6,13H2,(H,27,29). The van der Waals surface area contributed by atoms with Gasteiger partial charge in [-0.25, -0.2) is 9.37 Å². The predicted molar refractivity (Wildman–Crippen MR) is 126 cm³/mol. The highest BCUT2D eigenvalue weighted by Crippen LogP contribution is 2.32. The van der Waals surface area contributed by atoms with Crippen LogP contribution in [0.5, 0.6) is 0 Å². The van der Waals surface area contributed by atoms with E-state index in [2.05, 4.69) is 10.3 Å². The molecule has 0 fully saturated rings. The number of aryl methyl sites for hydroxylation is 2. The van der Waals surface area contributed by atoms with Gasteiger partial charge in [-0.1, -0.05) is 24.6 Å². The quantitative estimate of drug-likeness (QED) is 0.428. The molecule has 1 unspecified atom stereocenters. The second-order valence-corrected chi connectivity index (χ2v) is 10.1. The minimum atomic E-state index is -0.409. The van der Waals surface area contributed by atoms with Crippen LogP contribution in [0.25, 0.3) is 10.2 Å². The highest BCUT2D eigenvalue weighted by molar-refractivity contribution is 7.18. The van der Waals surface area contributed by atoms with Gasteiger partial charge in [0.2, 0.25) is 5.91 Å². The summed E-state index contributed by atoms with van der Waals surface area (Å²) in [6.45, 7) is -0.116. The molecule has 164 valence electrons. The number of amides is 1. The van der Waals surface area contributed by atoms with Gasteiger partial charge in [-0.3, -0.25) is 14.2 Å². The molecule has 0 radical (unpaired) electrons. The summed E-state index contributed by atoms with van der Waals surface area (Å²) in [7, 11) is 0. The van der Waals surface area contributed by atoms with Crippen molar-refractivity contribution < 1.29 is 9.18 Å². The van der Waals surface area contributed by atoms with Crippen LogP contribution in [0.15, 0.2) is 52.9 Å². The third-order valence-corrected chi connectivity index (χ3v) is 7.98. The Morgan fingerprint density at radius 3 is 2.75 bits per heavy atom. The molecule has 5 nitrogen and oxygen atoms in total. The summed E-state index contributed by atoms with van der Waals surface area (Å²) < 4.78 is 14.8. The Kier molecular flexibility index (Phi) is 5.89. The average Bonchev–Trinajstić information content (AvgIpc) is 3.38. The maximum absolute atomic E-state index is 13.4. The second kappa shape index (κ2) is 8.96. The van der Waals surface area contributed by atoms with Crippen LogP contribution in [0.1, 0.15) is 46.2 Å². The first kappa shape index (κ1) is 21.0. The minimum Gasteiger partial charge on any atom is -0.343 e. The van der Waals surface area contributed by atoms with Gasteiger partial charge in [-0.05, 0) is 60.4 Å². The van der Waals surface area contributed by atoms with Gasteiger partial charge in [0, 0.05) is 9.75 Å². The van der Waals surface area contributed by atoms with Gasteiger partial charge in [0.05, 0.1) is 17.8 Å². The van der Waals surface area contributed by atoms with E-state index in [1.807, 2.05) is 17.5 Å². The van der Waals surface area contributed by atoms with Crippen molar-refractivity contribution in [3.05, 3.63) is 85.2 Å². The van der Waals surface area contributed by atoms with Crippen molar-refractivity contribution in [1.82, 2.24) is 14.9 Å². The topological polar surface area (TPSA) is 64.0 Å². The molecule has 0 saturated carbocycles. The van der Waals surface area contributed by atoms with E-state index in [1.165, 1.54) is 45.7 Å². The van der Waals surface area contributed by atoms with Gasteiger partial charge in [-0.2, -0.15) is 0 Å². The number of carbonyl (C=O) groups excluding carboxylic acids is 1. The molecule has 0 aliphatic heterocycles. The maximum Gasteiger partial charge on any atom is 0.262 e. The smallest absolute Gasteiger partial charge is 0.262 e. The fourth-order valence-electron chi connectivity index (χ4n) is 4.26. The van der Waals surface area contributed by atoms with Crippen LogP contribution in [0.3, 0.4) is 0 Å². The van der Waals surface area contributed by atoms with Crippen LogP contribution in [0.4, 0.5) is 4.39 Å². The van der Waals surface area contributed by atoms with Crippen molar-refractivity contribution in [1.29, 1.82) is 0 Å². The maximum atomic E-state index is 13.4. The van der Waals surface area contributed by atoms with Gasteiger partial charge < -0.3 is 5.32 Å². The van der Waals surface area contributed by atoms with Crippen LogP contribution in [-0.2, 0) is 24.2 Å². The number of thiophene rings is 2. The van der Waals surface area contributed by atoms with Crippen LogP contribution >= 0.6 is 22.7 Å². The molecule has 3 aromatic heterocycles. The number of carbonyl (C=O) groups is 1. The molecule has 1 aliphatic rings. The molecular formula is C24H22FN3O2S2. The molecule has 4 aromatic rings. The normalized spacial score (nSPS) is 14.7. The fraction of sp³-hybridized carbons (Fsp3) is 0.292. The van der Waals surface area contributed by atoms with Gasteiger partial charge in [-0.15, -0.1) is 22.7 Å². The summed E-state index contributed by atoms with van der Waals surface area (Å²) >= 11 is 3.12.